The molecule has 0 saturated carbocycles. The van der Waals surface area contributed by atoms with Gasteiger partial charge >= 0.3 is 0 Å². The van der Waals surface area contributed by atoms with Crippen molar-refractivity contribution >= 4 is 11.8 Å². The van der Waals surface area contributed by atoms with Crippen LogP contribution >= 0.6 is 0 Å². The van der Waals surface area contributed by atoms with Gasteiger partial charge in [0.25, 0.3) is 11.8 Å². The monoisotopic (exact) mass is 362 g/mol. The maximum atomic E-state index is 12.4. The number of benzene rings is 2. The lowest BCUT2D eigenvalue weighted by Gasteiger charge is -2.33. The topological polar surface area (TPSA) is 40.6 Å². The highest BCUT2D eigenvalue weighted by atomic mass is 16.2. The Hall–Kier alpha value is -2.46. The van der Waals surface area contributed by atoms with E-state index in [-0.39, 0.29) is 11.8 Å². The summed E-state index contributed by atoms with van der Waals surface area (Å²) in [6.45, 7) is 1.48. The average molecular weight is 362 g/mol. The van der Waals surface area contributed by atoms with Crippen molar-refractivity contribution in [3.05, 3.63) is 70.8 Å². The fraction of sp³-hybridized carbons (Fsp3) is 0.391. The summed E-state index contributed by atoms with van der Waals surface area (Å²) in [5.41, 5.74) is 4.02. The van der Waals surface area contributed by atoms with Crippen LogP contribution in [0, 0.1) is 0 Å². The Morgan fingerprint density at radius 1 is 0.963 bits per heavy atom. The second-order valence-electron chi connectivity index (χ2n) is 7.60. The van der Waals surface area contributed by atoms with Crippen molar-refractivity contribution in [2.75, 3.05) is 20.1 Å². The molecule has 2 aromatic rings. The molecule has 27 heavy (non-hydrogen) atoms. The summed E-state index contributed by atoms with van der Waals surface area (Å²) < 4.78 is 0. The van der Waals surface area contributed by atoms with Crippen LogP contribution in [-0.4, -0.2) is 41.8 Å². The third-order valence-corrected chi connectivity index (χ3v) is 5.89. The van der Waals surface area contributed by atoms with Crippen LogP contribution in [0.3, 0.4) is 0 Å². The van der Waals surface area contributed by atoms with Gasteiger partial charge in [0.1, 0.15) is 0 Å². The van der Waals surface area contributed by atoms with Crippen LogP contribution < -0.4 is 0 Å². The second-order valence-corrected chi connectivity index (χ2v) is 7.60. The highest BCUT2D eigenvalue weighted by Gasteiger charge is 2.34. The minimum Gasteiger partial charge on any atom is -0.299 e. The minimum absolute atomic E-state index is 0.148. The van der Waals surface area contributed by atoms with Crippen LogP contribution in [0.4, 0.5) is 0 Å². The van der Waals surface area contributed by atoms with Gasteiger partial charge in [-0.15, -0.1) is 0 Å². The fourth-order valence-corrected chi connectivity index (χ4v) is 4.42. The van der Waals surface area contributed by atoms with E-state index in [4.69, 9.17) is 0 Å². The van der Waals surface area contributed by atoms with Gasteiger partial charge in [-0.2, -0.15) is 0 Å². The number of amides is 2. The normalized spacial score (nSPS) is 18.7. The Morgan fingerprint density at radius 3 is 2.37 bits per heavy atom. The largest absolute Gasteiger partial charge is 0.299 e. The number of unbranched alkanes of at least 4 members (excludes halogenated alkanes) is 1. The number of hydrogen-bond donors (Lipinski definition) is 0. The molecule has 2 aromatic carbocycles. The molecule has 0 spiro atoms. The Balaban J connectivity index is 1.30. The third-order valence-electron chi connectivity index (χ3n) is 5.89. The number of hydrogen-bond acceptors (Lipinski definition) is 3. The summed E-state index contributed by atoms with van der Waals surface area (Å²) in [7, 11) is 2.19. The lowest BCUT2D eigenvalue weighted by atomic mass is 9.87. The molecule has 2 amide bonds. The number of aryl methyl sites for hydroxylation is 1. The van der Waals surface area contributed by atoms with Crippen molar-refractivity contribution in [2.45, 2.75) is 38.1 Å². The van der Waals surface area contributed by atoms with Gasteiger partial charge in [0.05, 0.1) is 11.1 Å². The molecule has 0 fully saturated rings. The Bertz CT molecular complexity index is 826. The number of nitrogens with zero attached hydrogens (tertiary/aromatic N) is 2. The number of fused-ring (bicyclic) bond motifs is 2. The van der Waals surface area contributed by atoms with Gasteiger partial charge in [-0.3, -0.25) is 19.4 Å². The van der Waals surface area contributed by atoms with Crippen LogP contribution in [0.5, 0.6) is 0 Å². The van der Waals surface area contributed by atoms with E-state index in [2.05, 4.69) is 36.2 Å². The lowest BCUT2D eigenvalue weighted by molar-refractivity contribution is 0.0650. The minimum atomic E-state index is -0.148. The molecule has 0 radical (unpaired) electrons. The van der Waals surface area contributed by atoms with Gasteiger partial charge in [0.15, 0.2) is 0 Å². The van der Waals surface area contributed by atoms with Gasteiger partial charge in [0.2, 0.25) is 0 Å². The maximum absolute atomic E-state index is 12.4. The van der Waals surface area contributed by atoms with E-state index < -0.39 is 0 Å². The first-order chi connectivity index (χ1) is 13.2. The molecule has 1 atom stereocenters. The summed E-state index contributed by atoms with van der Waals surface area (Å²) >= 11 is 0. The quantitative estimate of drug-likeness (QED) is 0.574. The van der Waals surface area contributed by atoms with Gasteiger partial charge in [-0.25, -0.2) is 0 Å². The molecule has 1 aliphatic heterocycles. The van der Waals surface area contributed by atoms with Gasteiger partial charge in [0, 0.05) is 12.6 Å². The first kappa shape index (κ1) is 17.9. The summed E-state index contributed by atoms with van der Waals surface area (Å²) in [6, 6.07) is 16.3. The molecule has 4 rings (SSSR count). The number of imide groups is 1. The second kappa shape index (κ2) is 7.65. The molecule has 4 nitrogen and oxygen atoms in total. The highest BCUT2D eigenvalue weighted by Crippen LogP contribution is 2.33. The van der Waals surface area contributed by atoms with Crippen LogP contribution in [0.15, 0.2) is 48.5 Å². The zero-order valence-electron chi connectivity index (χ0n) is 15.9. The molecule has 2 aliphatic rings. The van der Waals surface area contributed by atoms with E-state index in [1.807, 2.05) is 12.1 Å². The van der Waals surface area contributed by atoms with Gasteiger partial charge in [-0.05, 0) is 69.0 Å². The van der Waals surface area contributed by atoms with Crippen molar-refractivity contribution in [1.29, 1.82) is 0 Å². The van der Waals surface area contributed by atoms with E-state index in [1.165, 1.54) is 35.3 Å². The van der Waals surface area contributed by atoms with Crippen LogP contribution in [0.1, 0.15) is 63.6 Å². The fourth-order valence-electron chi connectivity index (χ4n) is 4.42. The SMILES string of the molecule is CN(CCCCN1C(=O)c2ccccc2C1=O)C1CCCc2ccccc21. The van der Waals surface area contributed by atoms with E-state index in [0.717, 1.165) is 19.4 Å². The summed E-state index contributed by atoms with van der Waals surface area (Å²) in [5, 5.41) is 0. The number of carbonyl (C=O) groups excluding carboxylic acids is 2. The Labute approximate surface area is 160 Å². The molecular weight excluding hydrogens is 336 g/mol. The summed E-state index contributed by atoms with van der Waals surface area (Å²) in [5.74, 6) is -0.296. The third kappa shape index (κ3) is 3.42. The summed E-state index contributed by atoms with van der Waals surface area (Å²) in [6.07, 6.45) is 5.43. The first-order valence-corrected chi connectivity index (χ1v) is 9.90. The zero-order chi connectivity index (χ0) is 18.8. The van der Waals surface area contributed by atoms with Crippen LogP contribution in [0.25, 0.3) is 0 Å². The van der Waals surface area contributed by atoms with Crippen molar-refractivity contribution in [2.24, 2.45) is 0 Å². The van der Waals surface area contributed by atoms with Crippen molar-refractivity contribution in [3.63, 3.8) is 0 Å². The summed E-state index contributed by atoms with van der Waals surface area (Å²) in [4.78, 5) is 28.7. The maximum Gasteiger partial charge on any atom is 0.261 e. The highest BCUT2D eigenvalue weighted by molar-refractivity contribution is 6.21. The average Bonchev–Trinajstić information content (AvgIpc) is 2.95. The van der Waals surface area contributed by atoms with Crippen molar-refractivity contribution in [1.82, 2.24) is 9.80 Å². The van der Waals surface area contributed by atoms with E-state index in [0.29, 0.717) is 23.7 Å². The van der Waals surface area contributed by atoms with Crippen LogP contribution in [0.2, 0.25) is 0 Å². The molecule has 1 unspecified atom stereocenters. The Kier molecular flexibility index (Phi) is 5.08. The smallest absolute Gasteiger partial charge is 0.261 e. The molecular formula is C23H26N2O2. The number of rotatable bonds is 6. The van der Waals surface area contributed by atoms with Gasteiger partial charge < -0.3 is 0 Å². The van der Waals surface area contributed by atoms with Crippen molar-refractivity contribution in [3.8, 4) is 0 Å². The van der Waals surface area contributed by atoms with Gasteiger partial charge in [-0.1, -0.05) is 36.4 Å². The molecule has 1 heterocycles. The molecule has 0 N–H and O–H groups in total. The predicted octanol–water partition coefficient (Wildman–Crippen LogP) is 4.07. The zero-order valence-corrected chi connectivity index (χ0v) is 15.9. The molecule has 4 heteroatoms. The molecule has 0 aromatic heterocycles. The molecule has 140 valence electrons. The predicted molar refractivity (Wildman–Crippen MR) is 106 cm³/mol. The molecule has 1 aliphatic carbocycles. The molecule has 0 saturated heterocycles. The standard InChI is InChI=1S/C23H26N2O2/c1-24(21-14-8-10-17-9-2-3-11-18(17)21)15-6-7-16-25-22(26)19-12-4-5-13-20(19)23(25)27/h2-5,9,11-13,21H,6-8,10,14-16H2,1H3. The number of carbonyl (C=O) groups is 2. The van der Waals surface area contributed by atoms with E-state index in [9.17, 15) is 9.59 Å². The lowest BCUT2D eigenvalue weighted by Crippen LogP contribution is -2.32. The Morgan fingerprint density at radius 2 is 1.63 bits per heavy atom. The first-order valence-electron chi connectivity index (χ1n) is 9.90. The van der Waals surface area contributed by atoms with Crippen molar-refractivity contribution < 1.29 is 9.59 Å². The van der Waals surface area contributed by atoms with Crippen LogP contribution in [-0.2, 0) is 6.42 Å². The van der Waals surface area contributed by atoms with E-state index >= 15 is 0 Å². The molecule has 0 bridgehead atoms. The van der Waals surface area contributed by atoms with E-state index in [1.54, 1.807) is 12.1 Å².